The topological polar surface area (TPSA) is 29.1 Å². The summed E-state index contributed by atoms with van der Waals surface area (Å²) in [6, 6.07) is 0. The monoisotopic (exact) mass is 237 g/mol. The third-order valence-electron chi connectivity index (χ3n) is 4.87. The molecule has 17 heavy (non-hydrogen) atoms. The van der Waals surface area contributed by atoms with E-state index in [0.29, 0.717) is 11.7 Å². The van der Waals surface area contributed by atoms with Gasteiger partial charge in [0.2, 0.25) is 0 Å². The fourth-order valence-electron chi connectivity index (χ4n) is 4.04. The Kier molecular flexibility index (Phi) is 3.92. The molecule has 3 atom stereocenters. The van der Waals surface area contributed by atoms with E-state index < -0.39 is 0 Å². The minimum Gasteiger partial charge on any atom is -0.305 e. The highest BCUT2D eigenvalue weighted by atomic mass is 16.1. The second-order valence-electron chi connectivity index (χ2n) is 6.44. The zero-order chi connectivity index (χ0) is 12.5. The van der Waals surface area contributed by atoms with Gasteiger partial charge in [-0.05, 0) is 56.9 Å². The molecule has 1 aliphatic heterocycles. The van der Waals surface area contributed by atoms with Crippen LogP contribution in [-0.4, -0.2) is 17.9 Å². The zero-order valence-corrected chi connectivity index (χ0v) is 11.6. The molecular weight excluding hydrogens is 210 g/mol. The molecule has 2 fully saturated rings. The van der Waals surface area contributed by atoms with E-state index in [4.69, 9.17) is 0 Å². The highest BCUT2D eigenvalue weighted by Gasteiger charge is 2.43. The van der Waals surface area contributed by atoms with Crippen LogP contribution in [0.1, 0.15) is 59.3 Å². The van der Waals surface area contributed by atoms with Crippen molar-refractivity contribution in [2.75, 3.05) is 6.54 Å². The molecule has 1 saturated heterocycles. The molecule has 3 unspecified atom stereocenters. The van der Waals surface area contributed by atoms with Crippen LogP contribution in [0.2, 0.25) is 0 Å². The van der Waals surface area contributed by atoms with Gasteiger partial charge in [0.1, 0.15) is 0 Å². The van der Waals surface area contributed by atoms with Gasteiger partial charge in [0, 0.05) is 5.92 Å². The molecule has 0 bridgehead atoms. The second-order valence-corrected chi connectivity index (χ2v) is 6.44. The second kappa shape index (κ2) is 5.09. The van der Waals surface area contributed by atoms with Gasteiger partial charge < -0.3 is 5.32 Å². The highest BCUT2D eigenvalue weighted by Crippen LogP contribution is 2.38. The SMILES string of the molecule is CCC1(C(=O)C2CC(C)CC(C)C2)CCCN1. The molecule has 2 aliphatic rings. The lowest BCUT2D eigenvalue weighted by atomic mass is 9.70. The minimum absolute atomic E-state index is 0.165. The number of hydrogen-bond donors (Lipinski definition) is 1. The predicted octanol–water partition coefficient (Wildman–Crippen LogP) is 3.16. The summed E-state index contributed by atoms with van der Waals surface area (Å²) < 4.78 is 0. The van der Waals surface area contributed by atoms with Crippen LogP contribution >= 0.6 is 0 Å². The summed E-state index contributed by atoms with van der Waals surface area (Å²) in [6.45, 7) is 7.79. The van der Waals surface area contributed by atoms with E-state index in [-0.39, 0.29) is 5.54 Å². The number of carbonyl (C=O) groups excluding carboxylic acids is 1. The Morgan fingerprint density at radius 3 is 2.35 bits per heavy atom. The van der Waals surface area contributed by atoms with Crippen molar-refractivity contribution in [3.63, 3.8) is 0 Å². The van der Waals surface area contributed by atoms with Crippen LogP contribution < -0.4 is 5.32 Å². The molecule has 0 amide bonds. The summed E-state index contributed by atoms with van der Waals surface area (Å²) in [5.74, 6) is 2.29. The quantitative estimate of drug-likeness (QED) is 0.817. The normalized spacial score (nSPS) is 42.6. The number of Topliss-reactive ketones (excluding diaryl/α,β-unsaturated/α-hetero) is 1. The zero-order valence-electron chi connectivity index (χ0n) is 11.6. The van der Waals surface area contributed by atoms with Crippen LogP contribution in [0.4, 0.5) is 0 Å². The summed E-state index contributed by atoms with van der Waals surface area (Å²) in [6.07, 6.45) is 6.72. The Balaban J connectivity index is 2.08. The van der Waals surface area contributed by atoms with Gasteiger partial charge in [-0.25, -0.2) is 0 Å². The van der Waals surface area contributed by atoms with Gasteiger partial charge in [-0.2, -0.15) is 0 Å². The molecule has 2 nitrogen and oxygen atoms in total. The van der Waals surface area contributed by atoms with E-state index >= 15 is 0 Å². The minimum atomic E-state index is -0.165. The Morgan fingerprint density at radius 2 is 1.88 bits per heavy atom. The van der Waals surface area contributed by atoms with Crippen LogP contribution in [-0.2, 0) is 4.79 Å². The van der Waals surface area contributed by atoms with Gasteiger partial charge in [-0.3, -0.25) is 4.79 Å². The number of hydrogen-bond acceptors (Lipinski definition) is 2. The van der Waals surface area contributed by atoms with Gasteiger partial charge >= 0.3 is 0 Å². The van der Waals surface area contributed by atoms with Gasteiger partial charge in [0.05, 0.1) is 5.54 Å². The molecule has 2 heteroatoms. The number of rotatable bonds is 3. The molecule has 0 aromatic heterocycles. The van der Waals surface area contributed by atoms with Crippen LogP contribution in [0.15, 0.2) is 0 Å². The molecule has 1 N–H and O–H groups in total. The Morgan fingerprint density at radius 1 is 1.24 bits per heavy atom. The van der Waals surface area contributed by atoms with Gasteiger partial charge in [0.15, 0.2) is 5.78 Å². The third kappa shape index (κ3) is 2.57. The fraction of sp³-hybridized carbons (Fsp3) is 0.933. The Labute approximate surface area is 106 Å². The average molecular weight is 237 g/mol. The molecule has 0 spiro atoms. The summed E-state index contributed by atoms with van der Waals surface area (Å²) in [5.41, 5.74) is -0.165. The molecule has 1 heterocycles. The van der Waals surface area contributed by atoms with Crippen LogP contribution in [0.25, 0.3) is 0 Å². The van der Waals surface area contributed by atoms with Crippen LogP contribution in [0.3, 0.4) is 0 Å². The maximum absolute atomic E-state index is 12.8. The lowest BCUT2D eigenvalue weighted by molar-refractivity contribution is -0.131. The molecule has 0 aromatic carbocycles. The van der Waals surface area contributed by atoms with E-state index in [0.717, 1.165) is 50.5 Å². The van der Waals surface area contributed by atoms with Crippen LogP contribution in [0.5, 0.6) is 0 Å². The fourth-order valence-corrected chi connectivity index (χ4v) is 4.04. The molecule has 0 aromatic rings. The van der Waals surface area contributed by atoms with Crippen molar-refractivity contribution in [2.24, 2.45) is 17.8 Å². The van der Waals surface area contributed by atoms with Crippen molar-refractivity contribution in [1.82, 2.24) is 5.32 Å². The summed E-state index contributed by atoms with van der Waals surface area (Å²) in [4.78, 5) is 12.8. The van der Waals surface area contributed by atoms with E-state index in [1.54, 1.807) is 0 Å². The predicted molar refractivity (Wildman–Crippen MR) is 70.9 cm³/mol. The van der Waals surface area contributed by atoms with Gasteiger partial charge in [0.25, 0.3) is 0 Å². The lowest BCUT2D eigenvalue weighted by Crippen LogP contribution is -2.51. The number of nitrogens with one attached hydrogen (secondary N) is 1. The van der Waals surface area contributed by atoms with E-state index in [1.807, 2.05) is 0 Å². The molecule has 0 radical (unpaired) electrons. The van der Waals surface area contributed by atoms with Crippen molar-refractivity contribution in [2.45, 2.75) is 64.8 Å². The van der Waals surface area contributed by atoms with Crippen molar-refractivity contribution in [1.29, 1.82) is 0 Å². The number of carbonyl (C=O) groups is 1. The van der Waals surface area contributed by atoms with E-state index in [2.05, 4.69) is 26.1 Å². The first-order valence-corrected chi connectivity index (χ1v) is 7.36. The van der Waals surface area contributed by atoms with Crippen molar-refractivity contribution < 1.29 is 4.79 Å². The average Bonchev–Trinajstić information content (AvgIpc) is 2.76. The van der Waals surface area contributed by atoms with Gasteiger partial charge in [-0.15, -0.1) is 0 Å². The first kappa shape index (κ1) is 13.1. The maximum atomic E-state index is 12.8. The molecule has 1 aliphatic carbocycles. The molecule has 98 valence electrons. The first-order chi connectivity index (χ1) is 8.07. The Hall–Kier alpha value is -0.370. The largest absolute Gasteiger partial charge is 0.305 e. The summed E-state index contributed by atoms with van der Waals surface area (Å²) in [5, 5.41) is 3.50. The van der Waals surface area contributed by atoms with Crippen molar-refractivity contribution in [3.05, 3.63) is 0 Å². The third-order valence-corrected chi connectivity index (χ3v) is 4.87. The van der Waals surface area contributed by atoms with Crippen molar-refractivity contribution >= 4 is 5.78 Å². The lowest BCUT2D eigenvalue weighted by Gasteiger charge is -2.36. The highest BCUT2D eigenvalue weighted by molar-refractivity contribution is 5.90. The van der Waals surface area contributed by atoms with Crippen molar-refractivity contribution in [3.8, 4) is 0 Å². The molecule has 1 saturated carbocycles. The van der Waals surface area contributed by atoms with Crippen LogP contribution in [0, 0.1) is 17.8 Å². The van der Waals surface area contributed by atoms with E-state index in [9.17, 15) is 4.79 Å². The molecule has 2 rings (SSSR count). The Bertz CT molecular complexity index is 271. The summed E-state index contributed by atoms with van der Waals surface area (Å²) >= 11 is 0. The maximum Gasteiger partial charge on any atom is 0.155 e. The number of ketones is 1. The first-order valence-electron chi connectivity index (χ1n) is 7.36. The van der Waals surface area contributed by atoms with Gasteiger partial charge in [-0.1, -0.05) is 20.8 Å². The van der Waals surface area contributed by atoms with E-state index in [1.165, 1.54) is 6.42 Å². The summed E-state index contributed by atoms with van der Waals surface area (Å²) in [7, 11) is 0. The molecular formula is C15H27NO. The standard InChI is InChI=1S/C15H27NO/c1-4-15(6-5-7-16-15)14(17)13-9-11(2)8-12(3)10-13/h11-13,16H,4-10H2,1-3H3. The smallest absolute Gasteiger partial charge is 0.155 e.